The number of H-pyrrole nitrogens is 1. The Kier molecular flexibility index (Phi) is 7.61. The number of aromatic nitrogens is 1. The molecule has 3 aromatic rings. The van der Waals surface area contributed by atoms with Crippen molar-refractivity contribution in [2.45, 2.75) is 37.9 Å². The van der Waals surface area contributed by atoms with Crippen molar-refractivity contribution in [3.05, 3.63) is 60.3 Å². The molecule has 11 nitrogen and oxygen atoms in total. The highest BCUT2D eigenvalue weighted by Crippen LogP contribution is 2.22. The van der Waals surface area contributed by atoms with Crippen molar-refractivity contribution in [3.63, 3.8) is 0 Å². The summed E-state index contributed by atoms with van der Waals surface area (Å²) in [6.45, 7) is 1.52. The van der Waals surface area contributed by atoms with Crippen LogP contribution in [0.1, 0.15) is 18.9 Å². The summed E-state index contributed by atoms with van der Waals surface area (Å²) in [6, 6.07) is 11.7. The van der Waals surface area contributed by atoms with E-state index in [4.69, 9.17) is 10.5 Å². The van der Waals surface area contributed by atoms with E-state index in [1.807, 2.05) is 24.3 Å². The third-order valence-electron chi connectivity index (χ3n) is 6.45. The van der Waals surface area contributed by atoms with Crippen LogP contribution >= 0.6 is 0 Å². The number of nitrogens with one attached hydrogen (secondary N) is 4. The molecule has 1 aromatic heterocycles. The lowest BCUT2D eigenvalue weighted by atomic mass is 10.0. The molecule has 37 heavy (non-hydrogen) atoms. The molecular weight excluding hydrogens is 476 g/mol. The summed E-state index contributed by atoms with van der Waals surface area (Å²) in [6.07, 6.45) is 2.18. The smallest absolute Gasteiger partial charge is 0.319 e. The topological polar surface area (TPSA) is 159 Å². The van der Waals surface area contributed by atoms with Gasteiger partial charge < -0.3 is 36.3 Å². The normalized spacial score (nSPS) is 17.7. The number of fused-ring (bicyclic) bond motifs is 1. The Morgan fingerprint density at radius 3 is 2.54 bits per heavy atom. The molecule has 1 saturated heterocycles. The maximum Gasteiger partial charge on any atom is 0.319 e. The number of benzene rings is 2. The van der Waals surface area contributed by atoms with Gasteiger partial charge in [0.25, 0.3) is 0 Å². The second-order valence-electron chi connectivity index (χ2n) is 8.97. The van der Waals surface area contributed by atoms with Gasteiger partial charge in [-0.1, -0.05) is 18.2 Å². The number of amides is 5. The zero-order valence-corrected chi connectivity index (χ0v) is 20.6. The van der Waals surface area contributed by atoms with E-state index in [2.05, 4.69) is 20.9 Å². The van der Waals surface area contributed by atoms with Crippen molar-refractivity contribution in [3.8, 4) is 5.75 Å². The van der Waals surface area contributed by atoms with Crippen molar-refractivity contribution >= 4 is 40.3 Å². The number of methoxy groups -OCH3 is 1. The van der Waals surface area contributed by atoms with E-state index in [0.717, 1.165) is 16.5 Å². The van der Waals surface area contributed by atoms with E-state index in [9.17, 15) is 19.2 Å². The number of hydrogen-bond donors (Lipinski definition) is 5. The Balaban J connectivity index is 1.39. The van der Waals surface area contributed by atoms with E-state index in [1.54, 1.807) is 37.6 Å². The summed E-state index contributed by atoms with van der Waals surface area (Å²) in [7, 11) is 1.55. The van der Waals surface area contributed by atoms with Gasteiger partial charge in [0.2, 0.25) is 17.7 Å². The van der Waals surface area contributed by atoms with Crippen LogP contribution in [0.15, 0.2) is 54.7 Å². The predicted molar refractivity (Wildman–Crippen MR) is 138 cm³/mol. The molecule has 3 atom stereocenters. The predicted octanol–water partition coefficient (Wildman–Crippen LogP) is 1.50. The molecule has 0 saturated carbocycles. The van der Waals surface area contributed by atoms with Crippen LogP contribution in [0.3, 0.4) is 0 Å². The van der Waals surface area contributed by atoms with Crippen LogP contribution in [0, 0.1) is 0 Å². The van der Waals surface area contributed by atoms with Crippen LogP contribution in [-0.4, -0.2) is 65.4 Å². The van der Waals surface area contributed by atoms with Gasteiger partial charge >= 0.3 is 6.03 Å². The Labute approximate surface area is 213 Å². The molecule has 2 heterocycles. The molecule has 1 aliphatic rings. The first-order valence-electron chi connectivity index (χ1n) is 11.9. The number of nitrogens with zero attached hydrogens (tertiary/aromatic N) is 1. The molecule has 1 aliphatic heterocycles. The number of nitrogens with two attached hydrogens (primary N) is 1. The fourth-order valence-electron chi connectivity index (χ4n) is 4.58. The average Bonchev–Trinajstić information content (AvgIpc) is 3.48. The summed E-state index contributed by atoms with van der Waals surface area (Å²) in [5.74, 6) is -0.836. The molecule has 11 heteroatoms. The van der Waals surface area contributed by atoms with Gasteiger partial charge in [-0.05, 0) is 42.3 Å². The fourth-order valence-corrected chi connectivity index (χ4v) is 4.58. The Morgan fingerprint density at radius 1 is 1.14 bits per heavy atom. The number of hydrogen-bond acceptors (Lipinski definition) is 5. The van der Waals surface area contributed by atoms with E-state index in [1.165, 1.54) is 11.8 Å². The third-order valence-corrected chi connectivity index (χ3v) is 6.45. The zero-order valence-electron chi connectivity index (χ0n) is 20.6. The molecule has 0 spiro atoms. The standard InChI is InChI=1S/C26H30N6O5/c1-15(33)32-14-18(30-26(36)29-17-7-9-19(37-2)10-8-17)12-23(32)25(35)31-22(24(27)34)11-16-13-28-21-6-4-3-5-20(16)21/h3-10,13,18,22-23,28H,11-12,14H2,1-2H3,(H2,27,34)(H,31,35)(H2,29,30,36). The van der Waals surface area contributed by atoms with E-state index in [0.29, 0.717) is 11.4 Å². The van der Waals surface area contributed by atoms with Gasteiger partial charge in [-0.15, -0.1) is 0 Å². The Hall–Kier alpha value is -4.54. The maximum absolute atomic E-state index is 13.2. The molecule has 6 N–H and O–H groups in total. The van der Waals surface area contributed by atoms with Crippen molar-refractivity contribution in [1.29, 1.82) is 0 Å². The van der Waals surface area contributed by atoms with E-state index < -0.39 is 36.0 Å². The van der Waals surface area contributed by atoms with E-state index >= 15 is 0 Å². The molecule has 5 amide bonds. The number of para-hydroxylation sites is 1. The van der Waals surface area contributed by atoms with Gasteiger partial charge in [-0.25, -0.2) is 4.79 Å². The SMILES string of the molecule is COc1ccc(NC(=O)NC2CC(C(=O)NC(Cc3c[nH]c4ccccc34)C(N)=O)N(C(C)=O)C2)cc1. The summed E-state index contributed by atoms with van der Waals surface area (Å²) in [5, 5.41) is 9.17. The van der Waals surface area contributed by atoms with Gasteiger partial charge in [0, 0.05) is 42.7 Å². The number of carbonyl (C=O) groups excluding carboxylic acids is 4. The van der Waals surface area contributed by atoms with Crippen molar-refractivity contribution in [2.75, 3.05) is 19.0 Å². The van der Waals surface area contributed by atoms with Crippen LogP contribution < -0.4 is 26.4 Å². The molecule has 2 aromatic carbocycles. The number of anilines is 1. The van der Waals surface area contributed by atoms with Gasteiger partial charge in [-0.2, -0.15) is 0 Å². The number of urea groups is 1. The van der Waals surface area contributed by atoms with Gasteiger partial charge in [-0.3, -0.25) is 14.4 Å². The van der Waals surface area contributed by atoms with Crippen LogP contribution in [-0.2, 0) is 20.8 Å². The number of carbonyl (C=O) groups is 4. The Morgan fingerprint density at radius 2 is 1.86 bits per heavy atom. The highest BCUT2D eigenvalue weighted by Gasteiger charge is 2.40. The summed E-state index contributed by atoms with van der Waals surface area (Å²) in [5.41, 5.74) is 7.92. The molecule has 0 radical (unpaired) electrons. The summed E-state index contributed by atoms with van der Waals surface area (Å²) in [4.78, 5) is 54.7. The first-order chi connectivity index (χ1) is 17.7. The number of primary amides is 1. The molecule has 4 rings (SSSR count). The average molecular weight is 507 g/mol. The second-order valence-corrected chi connectivity index (χ2v) is 8.97. The third kappa shape index (κ3) is 6.00. The maximum atomic E-state index is 13.2. The first kappa shape index (κ1) is 25.5. The van der Waals surface area contributed by atoms with Gasteiger partial charge in [0.15, 0.2) is 0 Å². The van der Waals surface area contributed by atoms with Crippen LogP contribution in [0.5, 0.6) is 5.75 Å². The highest BCUT2D eigenvalue weighted by atomic mass is 16.5. The van der Waals surface area contributed by atoms with Crippen molar-refractivity contribution < 1.29 is 23.9 Å². The molecule has 1 fully saturated rings. The minimum Gasteiger partial charge on any atom is -0.497 e. The number of rotatable bonds is 8. The lowest BCUT2D eigenvalue weighted by molar-refractivity contribution is -0.137. The van der Waals surface area contributed by atoms with Crippen molar-refractivity contribution in [2.24, 2.45) is 5.73 Å². The van der Waals surface area contributed by atoms with Crippen molar-refractivity contribution in [1.82, 2.24) is 20.5 Å². The second kappa shape index (κ2) is 11.0. The summed E-state index contributed by atoms with van der Waals surface area (Å²) >= 11 is 0. The molecular formula is C26H30N6O5. The number of likely N-dealkylation sites (tertiary alicyclic amines) is 1. The van der Waals surface area contributed by atoms with Crippen LogP contribution in [0.2, 0.25) is 0 Å². The number of ether oxygens (including phenoxy) is 1. The molecule has 0 bridgehead atoms. The quantitative estimate of drug-likeness (QED) is 0.313. The first-order valence-corrected chi connectivity index (χ1v) is 11.9. The van der Waals surface area contributed by atoms with E-state index in [-0.39, 0.29) is 25.3 Å². The fraction of sp³-hybridized carbons (Fsp3) is 0.308. The largest absolute Gasteiger partial charge is 0.497 e. The lowest BCUT2D eigenvalue weighted by Gasteiger charge is -2.24. The zero-order chi connectivity index (χ0) is 26.5. The minimum absolute atomic E-state index is 0.160. The minimum atomic E-state index is -0.967. The van der Waals surface area contributed by atoms with Crippen LogP contribution in [0.4, 0.5) is 10.5 Å². The Bertz CT molecular complexity index is 1300. The summed E-state index contributed by atoms with van der Waals surface area (Å²) < 4.78 is 5.11. The van der Waals surface area contributed by atoms with Crippen LogP contribution in [0.25, 0.3) is 10.9 Å². The molecule has 194 valence electrons. The van der Waals surface area contributed by atoms with Gasteiger partial charge in [0.1, 0.15) is 17.8 Å². The number of aromatic amines is 1. The molecule has 0 aliphatic carbocycles. The van der Waals surface area contributed by atoms with Gasteiger partial charge in [0.05, 0.1) is 13.2 Å². The molecule has 3 unspecified atom stereocenters. The highest BCUT2D eigenvalue weighted by molar-refractivity contribution is 5.93. The lowest BCUT2D eigenvalue weighted by Crippen LogP contribution is -2.52. The monoisotopic (exact) mass is 506 g/mol.